The highest BCUT2D eigenvalue weighted by Crippen LogP contribution is 2.34. The van der Waals surface area contributed by atoms with Gasteiger partial charge in [-0.1, -0.05) is 0 Å². The molecule has 2 aromatic rings. The lowest BCUT2D eigenvalue weighted by molar-refractivity contribution is -0.607. The number of hydrogen-bond acceptors (Lipinski definition) is 5. The SMILES string of the molecule is COc1ccc[n+]([O-])c1C1=NC(C)(C)Oc2ccc(C#N)cc21. The van der Waals surface area contributed by atoms with Gasteiger partial charge in [-0.3, -0.25) is 0 Å². The Morgan fingerprint density at radius 2 is 2.13 bits per heavy atom. The van der Waals surface area contributed by atoms with Gasteiger partial charge in [0.25, 0.3) is 5.69 Å². The molecule has 0 unspecified atom stereocenters. The molecular formula is C17H15N3O3. The van der Waals surface area contributed by atoms with Crippen LogP contribution in [-0.2, 0) is 0 Å². The first-order valence-electron chi connectivity index (χ1n) is 7.05. The van der Waals surface area contributed by atoms with Gasteiger partial charge in [0, 0.05) is 6.07 Å². The molecule has 116 valence electrons. The van der Waals surface area contributed by atoms with Crippen molar-refractivity contribution < 1.29 is 14.2 Å². The first-order chi connectivity index (χ1) is 10.9. The van der Waals surface area contributed by atoms with E-state index >= 15 is 0 Å². The van der Waals surface area contributed by atoms with Crippen LogP contribution in [0.1, 0.15) is 30.7 Å². The minimum atomic E-state index is -0.829. The zero-order chi connectivity index (χ0) is 16.6. The highest BCUT2D eigenvalue weighted by molar-refractivity contribution is 6.14. The summed E-state index contributed by atoms with van der Waals surface area (Å²) in [6.45, 7) is 3.61. The smallest absolute Gasteiger partial charge is 0.285 e. The van der Waals surface area contributed by atoms with E-state index in [-0.39, 0.29) is 0 Å². The molecule has 1 aliphatic heterocycles. The maximum atomic E-state index is 12.3. The number of aromatic nitrogens is 1. The number of benzene rings is 1. The highest BCUT2D eigenvalue weighted by atomic mass is 16.5. The molecule has 0 amide bonds. The number of pyridine rings is 1. The van der Waals surface area contributed by atoms with E-state index in [2.05, 4.69) is 11.1 Å². The second kappa shape index (κ2) is 5.29. The number of rotatable bonds is 2. The third kappa shape index (κ3) is 2.57. The van der Waals surface area contributed by atoms with Crippen molar-refractivity contribution in [2.45, 2.75) is 19.6 Å². The predicted molar refractivity (Wildman–Crippen MR) is 83.5 cm³/mol. The lowest BCUT2D eigenvalue weighted by Gasteiger charge is -2.29. The van der Waals surface area contributed by atoms with Crippen LogP contribution in [-0.4, -0.2) is 18.5 Å². The maximum absolute atomic E-state index is 12.3. The topological polar surface area (TPSA) is 81.6 Å². The Bertz CT molecular complexity index is 851. The summed E-state index contributed by atoms with van der Waals surface area (Å²) in [5, 5.41) is 21.5. The van der Waals surface area contributed by atoms with Gasteiger partial charge >= 0.3 is 0 Å². The Hall–Kier alpha value is -3.07. The van der Waals surface area contributed by atoms with Crippen LogP contribution >= 0.6 is 0 Å². The van der Waals surface area contributed by atoms with E-state index in [4.69, 9.17) is 14.7 Å². The second-order valence-electron chi connectivity index (χ2n) is 5.58. The lowest BCUT2D eigenvalue weighted by Crippen LogP contribution is -2.39. The van der Waals surface area contributed by atoms with Crippen LogP contribution in [0.4, 0.5) is 0 Å². The Kier molecular flexibility index (Phi) is 3.41. The molecule has 0 N–H and O–H groups in total. The molecule has 0 aliphatic carbocycles. The van der Waals surface area contributed by atoms with Crippen molar-refractivity contribution in [3.05, 3.63) is 58.6 Å². The zero-order valence-corrected chi connectivity index (χ0v) is 13.0. The molecule has 23 heavy (non-hydrogen) atoms. The van der Waals surface area contributed by atoms with Crippen molar-refractivity contribution in [3.8, 4) is 17.6 Å². The number of methoxy groups -OCH3 is 1. The number of nitriles is 1. The summed E-state index contributed by atoms with van der Waals surface area (Å²) in [6, 6.07) is 10.4. The van der Waals surface area contributed by atoms with Crippen molar-refractivity contribution in [2.75, 3.05) is 7.11 Å². The quantitative estimate of drug-likeness (QED) is 0.629. The standard InChI is InChI=1S/C17H15N3O3/c1-17(2)19-15(16-14(22-3)5-4-8-20(16)21)12-9-11(10-18)6-7-13(12)23-17/h4-9H,1-3H3. The molecule has 0 atom stereocenters. The van der Waals surface area contributed by atoms with Gasteiger partial charge in [-0.05, 0) is 38.1 Å². The third-order valence-corrected chi connectivity index (χ3v) is 3.47. The largest absolute Gasteiger partial charge is 0.618 e. The fraction of sp³-hybridized carbons (Fsp3) is 0.235. The zero-order valence-electron chi connectivity index (χ0n) is 13.0. The van der Waals surface area contributed by atoms with Gasteiger partial charge in [-0.15, -0.1) is 0 Å². The maximum Gasteiger partial charge on any atom is 0.285 e. The van der Waals surface area contributed by atoms with Gasteiger partial charge in [0.15, 0.2) is 17.7 Å². The molecule has 0 saturated carbocycles. The van der Waals surface area contributed by atoms with Crippen LogP contribution in [0.2, 0.25) is 0 Å². The summed E-state index contributed by atoms with van der Waals surface area (Å²) in [5.41, 5.74) is 0.970. The normalized spacial score (nSPS) is 15.0. The van der Waals surface area contributed by atoms with Crippen LogP contribution in [0, 0.1) is 16.5 Å². The summed E-state index contributed by atoms with van der Waals surface area (Å²) >= 11 is 0. The molecule has 3 rings (SSSR count). The average Bonchev–Trinajstić information content (AvgIpc) is 2.52. The third-order valence-electron chi connectivity index (χ3n) is 3.47. The van der Waals surface area contributed by atoms with E-state index < -0.39 is 5.72 Å². The highest BCUT2D eigenvalue weighted by Gasteiger charge is 2.34. The molecule has 0 fully saturated rings. The van der Waals surface area contributed by atoms with Crippen molar-refractivity contribution >= 4 is 5.71 Å². The van der Waals surface area contributed by atoms with Crippen molar-refractivity contribution in [3.63, 3.8) is 0 Å². The molecule has 0 saturated heterocycles. The molecule has 6 heteroatoms. The number of fused-ring (bicyclic) bond motifs is 1. The molecule has 1 aliphatic rings. The first-order valence-corrected chi connectivity index (χ1v) is 7.05. The summed E-state index contributed by atoms with van der Waals surface area (Å²) in [6.07, 6.45) is 1.39. The molecule has 0 radical (unpaired) electrons. The number of aliphatic imine (C=N–C) groups is 1. The summed E-state index contributed by atoms with van der Waals surface area (Å²) in [5.74, 6) is 0.983. The summed E-state index contributed by atoms with van der Waals surface area (Å²) < 4.78 is 11.9. The molecular weight excluding hydrogens is 294 g/mol. The van der Waals surface area contributed by atoms with Crippen molar-refractivity contribution in [1.29, 1.82) is 5.26 Å². The fourth-order valence-corrected chi connectivity index (χ4v) is 2.53. The molecule has 0 spiro atoms. The van der Waals surface area contributed by atoms with E-state index in [0.29, 0.717) is 38.8 Å². The molecule has 6 nitrogen and oxygen atoms in total. The summed E-state index contributed by atoms with van der Waals surface area (Å²) in [4.78, 5) is 4.55. The minimum absolute atomic E-state index is 0.294. The Labute approximate surface area is 133 Å². The Balaban J connectivity index is 2.31. The molecule has 0 bridgehead atoms. The van der Waals surface area contributed by atoms with Crippen LogP contribution in [0.5, 0.6) is 11.5 Å². The van der Waals surface area contributed by atoms with E-state index in [0.717, 1.165) is 0 Å². The molecule has 1 aromatic carbocycles. The average molecular weight is 309 g/mol. The number of hydrogen-bond donors (Lipinski definition) is 0. The number of nitrogens with zero attached hydrogens (tertiary/aromatic N) is 3. The minimum Gasteiger partial charge on any atom is -0.618 e. The molecule has 2 heterocycles. The van der Waals surface area contributed by atoms with E-state index in [1.54, 1.807) is 44.2 Å². The van der Waals surface area contributed by atoms with Gasteiger partial charge in [0.2, 0.25) is 0 Å². The second-order valence-corrected chi connectivity index (χ2v) is 5.58. The van der Waals surface area contributed by atoms with Crippen LogP contribution in [0.15, 0.2) is 41.5 Å². The van der Waals surface area contributed by atoms with Crippen LogP contribution in [0.3, 0.4) is 0 Å². The van der Waals surface area contributed by atoms with Gasteiger partial charge in [0.05, 0.1) is 24.3 Å². The van der Waals surface area contributed by atoms with Gasteiger partial charge in [0.1, 0.15) is 11.5 Å². The van der Waals surface area contributed by atoms with Crippen LogP contribution < -0.4 is 14.2 Å². The Morgan fingerprint density at radius 3 is 2.83 bits per heavy atom. The van der Waals surface area contributed by atoms with Gasteiger partial charge in [-0.2, -0.15) is 9.99 Å². The Morgan fingerprint density at radius 1 is 1.35 bits per heavy atom. The summed E-state index contributed by atoms with van der Waals surface area (Å²) in [7, 11) is 1.50. The first kappa shape index (κ1) is 14.9. The van der Waals surface area contributed by atoms with Gasteiger partial charge in [-0.25, -0.2) is 4.99 Å². The van der Waals surface area contributed by atoms with E-state index in [1.165, 1.54) is 13.3 Å². The van der Waals surface area contributed by atoms with Crippen molar-refractivity contribution in [2.24, 2.45) is 4.99 Å². The lowest BCUT2D eigenvalue weighted by atomic mass is 10.00. The van der Waals surface area contributed by atoms with Crippen molar-refractivity contribution in [1.82, 2.24) is 0 Å². The van der Waals surface area contributed by atoms with E-state index in [9.17, 15) is 5.21 Å². The monoisotopic (exact) mass is 309 g/mol. The van der Waals surface area contributed by atoms with Gasteiger partial charge < -0.3 is 14.7 Å². The van der Waals surface area contributed by atoms with E-state index in [1.807, 2.05) is 0 Å². The number of ether oxygens (including phenoxy) is 2. The molecule has 1 aromatic heterocycles. The predicted octanol–water partition coefficient (Wildman–Crippen LogP) is 2.17. The van der Waals surface area contributed by atoms with Crippen LogP contribution in [0.25, 0.3) is 0 Å². The fourth-order valence-electron chi connectivity index (χ4n) is 2.53.